The maximum atomic E-state index is 14.4. The van der Waals surface area contributed by atoms with E-state index in [1.807, 2.05) is 78.9 Å². The minimum absolute atomic E-state index is 0.122. The molecule has 0 atom stereocenters. The molecule has 7 aromatic carbocycles. The van der Waals surface area contributed by atoms with Crippen LogP contribution in [-0.2, 0) is 0 Å². The number of allylic oxidation sites excluding steroid dienone is 3. The molecule has 0 unspecified atom stereocenters. The predicted molar refractivity (Wildman–Crippen MR) is 249 cm³/mol. The van der Waals surface area contributed by atoms with E-state index in [-0.39, 0.29) is 29.0 Å². The van der Waals surface area contributed by atoms with Gasteiger partial charge in [-0.2, -0.15) is 0 Å². The van der Waals surface area contributed by atoms with Crippen LogP contribution in [0.2, 0.25) is 0 Å². The van der Waals surface area contributed by atoms with Crippen LogP contribution in [0.15, 0.2) is 175 Å². The Morgan fingerprint density at radius 2 is 0.918 bits per heavy atom. The van der Waals surface area contributed by atoms with Gasteiger partial charge in [-0.1, -0.05) is 143 Å². The number of rotatable bonds is 7. The van der Waals surface area contributed by atoms with Crippen molar-refractivity contribution in [1.82, 2.24) is 9.97 Å². The van der Waals surface area contributed by atoms with Crippen LogP contribution in [0.5, 0.6) is 0 Å². The summed E-state index contributed by atoms with van der Waals surface area (Å²) in [6.45, 7) is 11.0. The van der Waals surface area contributed by atoms with E-state index in [2.05, 4.69) is 123 Å². The van der Waals surface area contributed by atoms with E-state index in [1.165, 1.54) is 0 Å². The largest absolute Gasteiger partial charge is 0.288 e. The van der Waals surface area contributed by atoms with Gasteiger partial charge in [-0.05, 0) is 106 Å². The second-order valence-electron chi connectivity index (χ2n) is 16.6. The van der Waals surface area contributed by atoms with E-state index < -0.39 is 0 Å². The molecule has 0 fully saturated rings. The Bertz CT molecular complexity index is 3000. The SMILES string of the molecule is Cc1cc(-c2ccccc2)c(N2/C(=C/C=C3C(=O)c4cc5ccccc5cc4C3=O)N(c3c(C(C)C)cccc3C(C)C)c3nc4ccccc4nc32)c(-c2ccccc2)c1. The third kappa shape index (κ3) is 6.34. The number of hydrogen-bond donors (Lipinski definition) is 0. The zero-order valence-corrected chi connectivity index (χ0v) is 34.8. The van der Waals surface area contributed by atoms with Crippen molar-refractivity contribution >= 4 is 56.4 Å². The topological polar surface area (TPSA) is 66.4 Å². The molecule has 0 saturated heterocycles. The van der Waals surface area contributed by atoms with Gasteiger partial charge in [-0.25, -0.2) is 9.97 Å². The predicted octanol–water partition coefficient (Wildman–Crippen LogP) is 13.8. The number of benzene rings is 7. The van der Waals surface area contributed by atoms with E-state index >= 15 is 0 Å². The van der Waals surface area contributed by atoms with Crippen molar-refractivity contribution in [2.45, 2.75) is 46.5 Å². The first-order chi connectivity index (χ1) is 29.7. The molecule has 2 aliphatic rings. The maximum Gasteiger partial charge on any atom is 0.197 e. The van der Waals surface area contributed by atoms with Crippen LogP contribution in [-0.4, -0.2) is 21.5 Å². The Morgan fingerprint density at radius 1 is 0.475 bits per heavy atom. The lowest BCUT2D eigenvalue weighted by molar-refractivity contribution is 0.0988. The molecule has 0 N–H and O–H groups in total. The number of aromatic nitrogens is 2. The molecule has 2 heterocycles. The minimum Gasteiger partial charge on any atom is -0.288 e. The fourth-order valence-electron chi connectivity index (χ4n) is 8.97. The van der Waals surface area contributed by atoms with Crippen molar-refractivity contribution in [3.63, 3.8) is 0 Å². The number of aryl methyl sites for hydroxylation is 1. The lowest BCUT2D eigenvalue weighted by Crippen LogP contribution is -2.25. The quantitative estimate of drug-likeness (QED) is 0.118. The van der Waals surface area contributed by atoms with E-state index in [1.54, 1.807) is 6.08 Å². The second kappa shape index (κ2) is 15.0. The summed E-state index contributed by atoms with van der Waals surface area (Å²) in [5.41, 5.74) is 11.9. The van der Waals surface area contributed by atoms with E-state index in [0.29, 0.717) is 28.6 Å². The fraction of sp³-hybridized carbons (Fsp3) is 0.127. The van der Waals surface area contributed by atoms with Gasteiger partial charge in [0.25, 0.3) is 0 Å². The van der Waals surface area contributed by atoms with Crippen molar-refractivity contribution in [2.24, 2.45) is 0 Å². The van der Waals surface area contributed by atoms with Crippen molar-refractivity contribution < 1.29 is 9.59 Å². The van der Waals surface area contributed by atoms with Crippen LogP contribution in [0.1, 0.15) is 76.9 Å². The molecule has 0 amide bonds. The van der Waals surface area contributed by atoms with Crippen molar-refractivity contribution in [3.8, 4) is 22.3 Å². The van der Waals surface area contributed by atoms with Gasteiger partial charge in [0.15, 0.2) is 23.2 Å². The minimum atomic E-state index is -0.283. The van der Waals surface area contributed by atoms with Gasteiger partial charge < -0.3 is 0 Å². The number of fused-ring (bicyclic) bond motifs is 4. The number of hydrogen-bond acceptors (Lipinski definition) is 6. The number of carbonyl (C=O) groups excluding carboxylic acids is 2. The number of para-hydroxylation sites is 3. The maximum absolute atomic E-state index is 14.4. The van der Waals surface area contributed by atoms with Gasteiger partial charge in [-0.15, -0.1) is 0 Å². The Morgan fingerprint density at radius 3 is 1.39 bits per heavy atom. The highest BCUT2D eigenvalue weighted by molar-refractivity contribution is 6.40. The van der Waals surface area contributed by atoms with Crippen molar-refractivity contribution in [3.05, 3.63) is 203 Å². The normalized spacial score (nSPS) is 14.3. The summed E-state index contributed by atoms with van der Waals surface area (Å²) in [5.74, 6) is 1.75. The summed E-state index contributed by atoms with van der Waals surface area (Å²) in [5, 5.41) is 1.84. The Kier molecular flexibility index (Phi) is 9.29. The summed E-state index contributed by atoms with van der Waals surface area (Å²) in [4.78, 5) is 44.1. The molecule has 1 aromatic heterocycles. The average molecular weight is 793 g/mol. The number of anilines is 4. The highest BCUT2D eigenvalue weighted by atomic mass is 16.2. The molecule has 0 spiro atoms. The van der Waals surface area contributed by atoms with Crippen molar-refractivity contribution in [2.75, 3.05) is 9.80 Å². The van der Waals surface area contributed by atoms with Crippen LogP contribution >= 0.6 is 0 Å². The Balaban J connectivity index is 1.33. The first-order valence-electron chi connectivity index (χ1n) is 21.0. The van der Waals surface area contributed by atoms with E-state index in [4.69, 9.17) is 9.97 Å². The first-order valence-corrected chi connectivity index (χ1v) is 21.0. The van der Waals surface area contributed by atoms with Gasteiger partial charge in [0.05, 0.1) is 28.0 Å². The second-order valence-corrected chi connectivity index (χ2v) is 16.6. The first kappa shape index (κ1) is 37.8. The molecular weight excluding hydrogens is 749 g/mol. The van der Waals surface area contributed by atoms with Crippen molar-refractivity contribution in [1.29, 1.82) is 0 Å². The standard InChI is InChI=1S/C55H44N4O2/c1-33(2)40-23-16-24-41(34(3)4)50(40)58-49(28-27-42-52(60)45-31-38-21-12-13-22-39(38)32-46(45)53(42)61)59(55-54(58)56-47-25-14-15-26-48(47)57-55)51-43(36-17-8-6-9-18-36)29-35(5)30-44(51)37-19-10-7-11-20-37/h6-34H,1-5H3/b49-28+. The lowest BCUT2D eigenvalue weighted by atomic mass is 9.91. The molecule has 0 radical (unpaired) electrons. The van der Waals surface area contributed by atoms with Crippen LogP contribution in [0.25, 0.3) is 44.1 Å². The lowest BCUT2D eigenvalue weighted by Gasteiger charge is -2.32. The number of ketones is 2. The Labute approximate surface area is 356 Å². The monoisotopic (exact) mass is 792 g/mol. The summed E-state index contributed by atoms with van der Waals surface area (Å²) in [7, 11) is 0. The van der Waals surface area contributed by atoms with E-state index in [0.717, 1.165) is 72.1 Å². The highest BCUT2D eigenvalue weighted by Crippen LogP contribution is 2.55. The average Bonchev–Trinajstić information content (AvgIpc) is 3.71. The van der Waals surface area contributed by atoms with Crippen LogP contribution in [0, 0.1) is 6.92 Å². The molecule has 0 saturated carbocycles. The number of Topliss-reactive ketones (excluding diaryl/α,β-unsaturated/α-hetero) is 2. The molecule has 10 rings (SSSR count). The molecule has 8 aromatic rings. The Hall–Kier alpha value is -7.44. The molecule has 0 bridgehead atoms. The van der Waals surface area contributed by atoms with Gasteiger partial charge in [0.2, 0.25) is 0 Å². The summed E-state index contributed by atoms with van der Waals surface area (Å²) in [6, 6.07) is 51.4. The zero-order valence-electron chi connectivity index (χ0n) is 34.8. The molecule has 1 aliphatic heterocycles. The summed E-state index contributed by atoms with van der Waals surface area (Å²) in [6.07, 6.45) is 3.66. The fourth-order valence-corrected chi connectivity index (χ4v) is 8.97. The summed E-state index contributed by atoms with van der Waals surface area (Å²) >= 11 is 0. The third-order valence-electron chi connectivity index (χ3n) is 11.9. The molecular formula is C55H44N4O2. The molecule has 1 aliphatic carbocycles. The molecule has 6 nitrogen and oxygen atoms in total. The zero-order chi connectivity index (χ0) is 41.9. The van der Waals surface area contributed by atoms with Crippen LogP contribution in [0.3, 0.4) is 0 Å². The van der Waals surface area contributed by atoms with Gasteiger partial charge in [-0.3, -0.25) is 19.4 Å². The van der Waals surface area contributed by atoms with E-state index in [9.17, 15) is 9.59 Å². The smallest absolute Gasteiger partial charge is 0.197 e. The van der Waals surface area contributed by atoms with Crippen LogP contribution < -0.4 is 9.80 Å². The van der Waals surface area contributed by atoms with Crippen LogP contribution in [0.4, 0.5) is 23.0 Å². The van der Waals surface area contributed by atoms with Gasteiger partial charge >= 0.3 is 0 Å². The molecule has 296 valence electrons. The number of carbonyl (C=O) groups is 2. The summed E-state index contributed by atoms with van der Waals surface area (Å²) < 4.78 is 0. The van der Waals surface area contributed by atoms with Gasteiger partial charge in [0, 0.05) is 22.3 Å². The highest BCUT2D eigenvalue weighted by Gasteiger charge is 2.42. The van der Waals surface area contributed by atoms with Gasteiger partial charge in [0.1, 0.15) is 5.82 Å². The third-order valence-corrected chi connectivity index (χ3v) is 11.9. The molecule has 61 heavy (non-hydrogen) atoms. The molecule has 6 heteroatoms. The number of nitrogens with zero attached hydrogens (tertiary/aromatic N) is 4.